The summed E-state index contributed by atoms with van der Waals surface area (Å²) >= 11 is 0.904. The second kappa shape index (κ2) is 8.65. The van der Waals surface area contributed by atoms with Crippen LogP contribution in [0.1, 0.15) is 17.3 Å². The number of hydrogen-bond donors (Lipinski definition) is 1. The van der Waals surface area contributed by atoms with Gasteiger partial charge < -0.3 is 14.8 Å². The minimum Gasteiger partial charge on any atom is -0.494 e. The number of methoxy groups -OCH3 is 1. The Morgan fingerprint density at radius 3 is 2.69 bits per heavy atom. The Morgan fingerprint density at radius 1 is 1.38 bits per heavy atom. The van der Waals surface area contributed by atoms with Gasteiger partial charge in [-0.15, -0.1) is 0 Å². The number of hydrogen-bond acceptors (Lipinski definition) is 7. The van der Waals surface area contributed by atoms with E-state index in [0.717, 1.165) is 22.7 Å². The zero-order valence-corrected chi connectivity index (χ0v) is 14.9. The lowest BCUT2D eigenvalue weighted by molar-refractivity contribution is -0.130. The Balaban J connectivity index is 1.82. The van der Waals surface area contributed by atoms with Crippen molar-refractivity contribution in [1.29, 1.82) is 0 Å². The van der Waals surface area contributed by atoms with E-state index < -0.39 is 23.8 Å². The van der Waals surface area contributed by atoms with Crippen LogP contribution in [0.15, 0.2) is 18.2 Å². The molecule has 1 aromatic rings. The first-order valence-electron chi connectivity index (χ1n) is 7.63. The third-order valence-electron chi connectivity index (χ3n) is 3.52. The molecule has 1 heterocycles. The second-order valence-corrected chi connectivity index (χ2v) is 6.21. The molecule has 8 nitrogen and oxygen atoms in total. The van der Waals surface area contributed by atoms with Crippen LogP contribution in [0.3, 0.4) is 0 Å². The molecule has 0 unspecified atom stereocenters. The van der Waals surface area contributed by atoms with E-state index in [2.05, 4.69) is 5.32 Å². The highest BCUT2D eigenvalue weighted by Gasteiger charge is 2.29. The number of esters is 1. The molecule has 1 aromatic carbocycles. The largest absolute Gasteiger partial charge is 0.494 e. The molecule has 1 aliphatic heterocycles. The summed E-state index contributed by atoms with van der Waals surface area (Å²) in [4.78, 5) is 47.8. The molecule has 0 aromatic heterocycles. The van der Waals surface area contributed by atoms with Crippen LogP contribution in [0.4, 0.5) is 9.18 Å². The fourth-order valence-electron chi connectivity index (χ4n) is 2.11. The molecule has 1 aliphatic rings. The van der Waals surface area contributed by atoms with Crippen molar-refractivity contribution in [1.82, 2.24) is 10.2 Å². The van der Waals surface area contributed by atoms with Gasteiger partial charge in [-0.1, -0.05) is 11.8 Å². The van der Waals surface area contributed by atoms with E-state index in [0.29, 0.717) is 0 Å². The number of thioether (sulfide) groups is 1. The second-order valence-electron chi connectivity index (χ2n) is 5.29. The Labute approximate surface area is 153 Å². The SMILES string of the molecule is COc1ccc(C(=O)O[C@H](C)C(=O)NCCN2C(=O)CSC2=O)cc1F. The van der Waals surface area contributed by atoms with Crippen LogP contribution in [-0.4, -0.2) is 60.0 Å². The van der Waals surface area contributed by atoms with Crippen molar-refractivity contribution in [2.45, 2.75) is 13.0 Å². The lowest BCUT2D eigenvalue weighted by atomic mass is 10.2. The summed E-state index contributed by atoms with van der Waals surface area (Å²) in [6.45, 7) is 1.44. The minimum absolute atomic E-state index is 0.0171. The molecule has 1 fully saturated rings. The van der Waals surface area contributed by atoms with E-state index in [9.17, 15) is 23.6 Å². The molecule has 26 heavy (non-hydrogen) atoms. The van der Waals surface area contributed by atoms with Gasteiger partial charge in [0.05, 0.1) is 18.4 Å². The topological polar surface area (TPSA) is 102 Å². The van der Waals surface area contributed by atoms with Crippen LogP contribution >= 0.6 is 11.8 Å². The van der Waals surface area contributed by atoms with Crippen LogP contribution in [0, 0.1) is 5.82 Å². The zero-order valence-electron chi connectivity index (χ0n) is 14.1. The van der Waals surface area contributed by atoms with Gasteiger partial charge in [0.25, 0.3) is 11.1 Å². The van der Waals surface area contributed by atoms with Gasteiger partial charge in [0.2, 0.25) is 5.91 Å². The first-order chi connectivity index (χ1) is 12.3. The van der Waals surface area contributed by atoms with Crippen molar-refractivity contribution in [3.8, 4) is 5.75 Å². The summed E-state index contributed by atoms with van der Waals surface area (Å²) in [7, 11) is 1.30. The van der Waals surface area contributed by atoms with Crippen molar-refractivity contribution < 1.29 is 33.0 Å². The predicted octanol–water partition coefficient (Wildman–Crippen LogP) is 1.19. The Morgan fingerprint density at radius 2 is 2.12 bits per heavy atom. The van der Waals surface area contributed by atoms with Crippen LogP contribution < -0.4 is 10.1 Å². The molecule has 10 heteroatoms. The Kier molecular flexibility index (Phi) is 6.56. The smallest absolute Gasteiger partial charge is 0.339 e. The summed E-state index contributed by atoms with van der Waals surface area (Å²) in [6.07, 6.45) is -1.13. The number of benzene rings is 1. The number of rotatable bonds is 7. The summed E-state index contributed by atoms with van der Waals surface area (Å²) < 4.78 is 23.3. The zero-order chi connectivity index (χ0) is 19.3. The molecule has 0 radical (unpaired) electrons. The molecule has 140 valence electrons. The van der Waals surface area contributed by atoms with E-state index in [1.807, 2.05) is 0 Å². The van der Waals surface area contributed by atoms with Gasteiger partial charge in [0.1, 0.15) is 0 Å². The highest BCUT2D eigenvalue weighted by atomic mass is 32.2. The van der Waals surface area contributed by atoms with Crippen molar-refractivity contribution in [3.63, 3.8) is 0 Å². The van der Waals surface area contributed by atoms with Gasteiger partial charge in [-0.3, -0.25) is 19.3 Å². The lowest BCUT2D eigenvalue weighted by Crippen LogP contribution is -2.41. The van der Waals surface area contributed by atoms with Gasteiger partial charge in [-0.05, 0) is 25.1 Å². The molecular weight excluding hydrogens is 367 g/mol. The molecule has 3 amide bonds. The number of nitrogens with zero attached hydrogens (tertiary/aromatic N) is 1. The fourth-order valence-corrected chi connectivity index (χ4v) is 2.86. The van der Waals surface area contributed by atoms with E-state index in [1.54, 1.807) is 0 Å². The van der Waals surface area contributed by atoms with Gasteiger partial charge in [0, 0.05) is 13.1 Å². The number of nitrogens with one attached hydrogen (secondary N) is 1. The molecule has 1 N–H and O–H groups in total. The molecule has 0 spiro atoms. The molecule has 0 bridgehead atoms. The minimum atomic E-state index is -1.13. The van der Waals surface area contributed by atoms with E-state index >= 15 is 0 Å². The van der Waals surface area contributed by atoms with Crippen LogP contribution in [0.25, 0.3) is 0 Å². The summed E-state index contributed by atoms with van der Waals surface area (Å²) in [5.41, 5.74) is -0.0618. The number of ether oxygens (including phenoxy) is 2. The van der Waals surface area contributed by atoms with E-state index in [-0.39, 0.29) is 41.3 Å². The van der Waals surface area contributed by atoms with Crippen LogP contribution in [-0.2, 0) is 14.3 Å². The normalized spacial score (nSPS) is 15.0. The van der Waals surface area contributed by atoms with Gasteiger partial charge >= 0.3 is 5.97 Å². The molecule has 0 saturated carbocycles. The molecule has 2 rings (SSSR count). The van der Waals surface area contributed by atoms with Crippen LogP contribution in [0.2, 0.25) is 0 Å². The summed E-state index contributed by atoms with van der Waals surface area (Å²) in [6, 6.07) is 3.55. The van der Waals surface area contributed by atoms with E-state index in [4.69, 9.17) is 9.47 Å². The maximum absolute atomic E-state index is 13.6. The third kappa shape index (κ3) is 4.72. The van der Waals surface area contributed by atoms with Crippen molar-refractivity contribution in [2.75, 3.05) is 26.0 Å². The maximum Gasteiger partial charge on any atom is 0.339 e. The van der Waals surface area contributed by atoms with Crippen LogP contribution in [0.5, 0.6) is 5.75 Å². The highest BCUT2D eigenvalue weighted by Crippen LogP contribution is 2.19. The first kappa shape index (κ1) is 19.7. The molecule has 1 saturated heterocycles. The summed E-state index contributed by atoms with van der Waals surface area (Å²) in [5.74, 6) is -2.42. The summed E-state index contributed by atoms with van der Waals surface area (Å²) in [5, 5.41) is 2.12. The van der Waals surface area contributed by atoms with Gasteiger partial charge in [-0.25, -0.2) is 9.18 Å². The molecule has 0 aliphatic carbocycles. The fraction of sp³-hybridized carbons (Fsp3) is 0.375. The molecular formula is C16H17FN2O6S. The Bertz CT molecular complexity index is 725. The first-order valence-corrected chi connectivity index (χ1v) is 8.61. The quantitative estimate of drug-likeness (QED) is 0.705. The number of imide groups is 1. The van der Waals surface area contributed by atoms with E-state index in [1.165, 1.54) is 26.2 Å². The monoisotopic (exact) mass is 384 g/mol. The van der Waals surface area contributed by atoms with Gasteiger partial charge in [0.15, 0.2) is 17.7 Å². The lowest BCUT2D eigenvalue weighted by Gasteiger charge is -2.16. The van der Waals surface area contributed by atoms with Crippen molar-refractivity contribution in [2.24, 2.45) is 0 Å². The maximum atomic E-state index is 13.6. The van der Waals surface area contributed by atoms with Crippen molar-refractivity contribution >= 4 is 34.8 Å². The Hall–Kier alpha value is -2.62. The third-order valence-corrected chi connectivity index (χ3v) is 4.37. The van der Waals surface area contributed by atoms with Gasteiger partial charge in [-0.2, -0.15) is 0 Å². The standard InChI is InChI=1S/C16H17FN2O6S/c1-9(14(21)18-5-6-19-13(20)8-26-16(19)23)25-15(22)10-3-4-12(24-2)11(17)7-10/h3-4,7,9H,5-6,8H2,1-2H3,(H,18,21)/t9-/m1/s1. The number of carbonyl (C=O) groups is 4. The number of amides is 3. The number of halogens is 1. The average molecular weight is 384 g/mol. The highest BCUT2D eigenvalue weighted by molar-refractivity contribution is 8.14. The average Bonchev–Trinajstić information content (AvgIpc) is 2.93. The van der Waals surface area contributed by atoms with Crippen molar-refractivity contribution in [3.05, 3.63) is 29.6 Å². The number of carbonyl (C=O) groups excluding carboxylic acids is 4. The molecule has 1 atom stereocenters. The predicted molar refractivity (Wildman–Crippen MR) is 90.4 cm³/mol.